The summed E-state index contributed by atoms with van der Waals surface area (Å²) in [6, 6.07) is 0. The highest BCUT2D eigenvalue weighted by atomic mass is 14.0. The van der Waals surface area contributed by atoms with Crippen molar-refractivity contribution in [2.45, 2.75) is 113 Å². The Labute approximate surface area is 171 Å². The van der Waals surface area contributed by atoms with Gasteiger partial charge in [-0.25, -0.2) is 0 Å². The van der Waals surface area contributed by atoms with E-state index in [2.05, 4.69) is 78.8 Å². The molecule has 0 saturated heterocycles. The van der Waals surface area contributed by atoms with Crippen molar-refractivity contribution in [2.75, 3.05) is 0 Å². The third kappa shape index (κ3) is 16.6. The second kappa shape index (κ2) is 16.8. The van der Waals surface area contributed by atoms with E-state index >= 15 is 0 Å². The zero-order valence-electron chi connectivity index (χ0n) is 19.5. The molecule has 0 aromatic rings. The van der Waals surface area contributed by atoms with Crippen LogP contribution in [0, 0.1) is 0 Å². The van der Waals surface area contributed by atoms with E-state index in [-0.39, 0.29) is 0 Å². The summed E-state index contributed by atoms with van der Waals surface area (Å²) in [5.74, 6) is 0. The summed E-state index contributed by atoms with van der Waals surface area (Å²) >= 11 is 0. The summed E-state index contributed by atoms with van der Waals surface area (Å²) in [6.07, 6.45) is 23.9. The third-order valence-electron chi connectivity index (χ3n) is 5.24. The molecule has 0 aliphatic carbocycles. The predicted octanol–water partition coefficient (Wildman–Crippen LogP) is 9.66. The molecule has 0 aliphatic heterocycles. The van der Waals surface area contributed by atoms with E-state index in [9.17, 15) is 0 Å². The molecule has 0 bridgehead atoms. The van der Waals surface area contributed by atoms with Crippen molar-refractivity contribution in [3.63, 3.8) is 0 Å². The van der Waals surface area contributed by atoms with E-state index in [4.69, 9.17) is 0 Å². The molecule has 0 nitrogen and oxygen atoms in total. The smallest absolute Gasteiger partial charge is 0.0288 e. The first-order chi connectivity index (χ1) is 12.9. The molecule has 0 aromatic heterocycles. The van der Waals surface area contributed by atoms with Crippen LogP contribution in [0.2, 0.25) is 0 Å². The van der Waals surface area contributed by atoms with Crippen molar-refractivity contribution in [2.24, 2.45) is 0 Å². The van der Waals surface area contributed by atoms with Crippen LogP contribution in [0.5, 0.6) is 0 Å². The largest absolute Gasteiger partial charge is 0.0859 e. The second-order valence-corrected chi connectivity index (χ2v) is 8.17. The first kappa shape index (κ1) is 25.7. The van der Waals surface area contributed by atoms with Crippen LogP contribution in [0.25, 0.3) is 0 Å². The highest BCUT2D eigenvalue weighted by Crippen LogP contribution is 2.15. The first-order valence-corrected chi connectivity index (χ1v) is 11.2. The molecule has 0 atom stereocenters. The molecule has 154 valence electrons. The molecule has 0 heteroatoms. The normalized spacial score (nSPS) is 14.9. The van der Waals surface area contributed by atoms with Crippen LogP contribution in [0.1, 0.15) is 113 Å². The van der Waals surface area contributed by atoms with Gasteiger partial charge in [0.05, 0.1) is 0 Å². The lowest BCUT2D eigenvalue weighted by Crippen LogP contribution is -1.83. The minimum absolute atomic E-state index is 1.16. The molecule has 0 aromatic carbocycles. The van der Waals surface area contributed by atoms with Gasteiger partial charge in [0.2, 0.25) is 0 Å². The number of rotatable bonds is 14. The van der Waals surface area contributed by atoms with Crippen LogP contribution in [0.15, 0.2) is 58.2 Å². The van der Waals surface area contributed by atoms with Crippen LogP contribution in [-0.2, 0) is 0 Å². The van der Waals surface area contributed by atoms with E-state index in [1.807, 2.05) is 0 Å². The Kier molecular flexibility index (Phi) is 16.0. The van der Waals surface area contributed by atoms with Gasteiger partial charge in [0, 0.05) is 0 Å². The van der Waals surface area contributed by atoms with Crippen molar-refractivity contribution in [1.82, 2.24) is 0 Å². The average Bonchev–Trinajstić information content (AvgIpc) is 2.61. The Morgan fingerprint density at radius 2 is 0.741 bits per heavy atom. The van der Waals surface area contributed by atoms with Gasteiger partial charge in [0.25, 0.3) is 0 Å². The lowest BCUT2D eigenvalue weighted by Gasteiger charge is -2.03. The maximum Gasteiger partial charge on any atom is -0.0288 e. The van der Waals surface area contributed by atoms with Gasteiger partial charge < -0.3 is 0 Å². The zero-order valence-corrected chi connectivity index (χ0v) is 19.5. The summed E-state index contributed by atoms with van der Waals surface area (Å²) in [6.45, 7) is 15.8. The van der Waals surface area contributed by atoms with Crippen molar-refractivity contribution in [3.8, 4) is 0 Å². The summed E-state index contributed by atoms with van der Waals surface area (Å²) in [5.41, 5.74) is 7.65. The minimum Gasteiger partial charge on any atom is -0.0859 e. The Balaban J connectivity index is 4.04. The number of allylic oxidation sites excluding steroid dienone is 10. The SMILES string of the molecule is CC/C=C(\C)CC/C=C(\C)CC/C=C(\C)CC/C=C(\C)CC/C=C(\C)CC. The summed E-state index contributed by atoms with van der Waals surface area (Å²) in [7, 11) is 0. The molecule has 0 heterocycles. The lowest BCUT2D eigenvalue weighted by molar-refractivity contribution is 0.889. The summed E-state index contributed by atoms with van der Waals surface area (Å²) in [5, 5.41) is 0. The van der Waals surface area contributed by atoms with E-state index in [1.165, 1.54) is 85.7 Å². The fourth-order valence-electron chi connectivity index (χ4n) is 3.09. The second-order valence-electron chi connectivity index (χ2n) is 8.17. The number of hydrogen-bond acceptors (Lipinski definition) is 0. The highest BCUT2D eigenvalue weighted by Gasteiger charge is 1.94. The van der Waals surface area contributed by atoms with Gasteiger partial charge in [0.15, 0.2) is 0 Å². The Morgan fingerprint density at radius 1 is 0.444 bits per heavy atom. The van der Waals surface area contributed by atoms with Crippen LogP contribution in [0.3, 0.4) is 0 Å². The van der Waals surface area contributed by atoms with Crippen LogP contribution in [-0.4, -0.2) is 0 Å². The molecule has 0 radical (unpaired) electrons. The van der Waals surface area contributed by atoms with Gasteiger partial charge in [-0.15, -0.1) is 0 Å². The van der Waals surface area contributed by atoms with Gasteiger partial charge in [0.1, 0.15) is 0 Å². The standard InChI is InChI=1S/C27H46/c1-8-14-24(4)16-11-18-26(6)20-13-22-27(7)21-12-19-25(5)17-10-15-23(3)9-2/h14-15,18-19,22H,8-13,16-17,20-21H2,1-7H3/b23-15+,24-14+,25-19+,26-18+,27-22+. The van der Waals surface area contributed by atoms with Gasteiger partial charge >= 0.3 is 0 Å². The molecule has 0 N–H and O–H groups in total. The Hall–Kier alpha value is -1.30. The summed E-state index contributed by atoms with van der Waals surface area (Å²) < 4.78 is 0. The molecule has 0 saturated carbocycles. The Morgan fingerprint density at radius 3 is 1.04 bits per heavy atom. The quantitative estimate of drug-likeness (QED) is 0.267. The van der Waals surface area contributed by atoms with Gasteiger partial charge in [-0.05, 0) is 98.8 Å². The number of hydrogen-bond donors (Lipinski definition) is 0. The van der Waals surface area contributed by atoms with Crippen LogP contribution >= 0.6 is 0 Å². The van der Waals surface area contributed by atoms with E-state index in [0.29, 0.717) is 0 Å². The average molecular weight is 371 g/mol. The molecule has 0 amide bonds. The molecule has 0 fully saturated rings. The molecule has 0 aliphatic rings. The van der Waals surface area contributed by atoms with Gasteiger partial charge in [-0.2, -0.15) is 0 Å². The van der Waals surface area contributed by atoms with Crippen LogP contribution < -0.4 is 0 Å². The lowest BCUT2D eigenvalue weighted by atomic mass is 10.0. The molecule has 0 unspecified atom stereocenters. The van der Waals surface area contributed by atoms with Crippen molar-refractivity contribution in [1.29, 1.82) is 0 Å². The van der Waals surface area contributed by atoms with Crippen molar-refractivity contribution >= 4 is 0 Å². The zero-order chi connectivity index (χ0) is 20.5. The van der Waals surface area contributed by atoms with Crippen molar-refractivity contribution in [3.05, 3.63) is 58.2 Å². The maximum atomic E-state index is 2.44. The molecular formula is C27H46. The predicted molar refractivity (Wildman–Crippen MR) is 126 cm³/mol. The highest BCUT2D eigenvalue weighted by molar-refractivity contribution is 5.08. The van der Waals surface area contributed by atoms with E-state index < -0.39 is 0 Å². The molecular weight excluding hydrogens is 324 g/mol. The third-order valence-corrected chi connectivity index (χ3v) is 5.24. The fraction of sp³-hybridized carbons (Fsp3) is 0.630. The van der Waals surface area contributed by atoms with E-state index in [1.54, 1.807) is 0 Å². The first-order valence-electron chi connectivity index (χ1n) is 11.2. The van der Waals surface area contributed by atoms with Crippen LogP contribution in [0.4, 0.5) is 0 Å². The van der Waals surface area contributed by atoms with E-state index in [0.717, 1.165) is 6.42 Å². The monoisotopic (exact) mass is 370 g/mol. The molecule has 0 rings (SSSR count). The molecule has 0 spiro atoms. The van der Waals surface area contributed by atoms with Gasteiger partial charge in [-0.3, -0.25) is 0 Å². The minimum atomic E-state index is 1.16. The topological polar surface area (TPSA) is 0 Å². The fourth-order valence-corrected chi connectivity index (χ4v) is 3.09. The van der Waals surface area contributed by atoms with Crippen molar-refractivity contribution < 1.29 is 0 Å². The maximum absolute atomic E-state index is 2.44. The Bertz CT molecular complexity index is 534. The van der Waals surface area contributed by atoms with Gasteiger partial charge in [-0.1, -0.05) is 72.1 Å². The summed E-state index contributed by atoms with van der Waals surface area (Å²) in [4.78, 5) is 0. The molecule has 27 heavy (non-hydrogen) atoms.